The molecule has 0 radical (unpaired) electrons. The minimum absolute atomic E-state index is 0.102. The largest absolute Gasteiger partial charge is 0.534 e. The van der Waals surface area contributed by atoms with E-state index in [-0.39, 0.29) is 11.1 Å². The second-order valence-corrected chi connectivity index (χ2v) is 6.71. The Morgan fingerprint density at radius 1 is 0.962 bits per heavy atom. The molecular formula is C16H8F5NO3S. The highest BCUT2D eigenvalue weighted by Gasteiger charge is 2.49. The normalized spacial score (nSPS) is 12.3. The fraction of sp³-hybridized carbons (Fsp3) is 0.0625. The lowest BCUT2D eigenvalue weighted by Crippen LogP contribution is -2.28. The lowest BCUT2D eigenvalue weighted by molar-refractivity contribution is -0.0501. The van der Waals surface area contributed by atoms with Gasteiger partial charge in [0.15, 0.2) is 11.6 Å². The van der Waals surface area contributed by atoms with Crippen molar-refractivity contribution in [3.05, 3.63) is 60.3 Å². The molecule has 1 aromatic heterocycles. The number of aromatic nitrogens is 1. The predicted molar refractivity (Wildman–Crippen MR) is 82.7 cm³/mol. The summed E-state index contributed by atoms with van der Waals surface area (Å²) in [7, 11) is -6.15. The number of hydrogen-bond acceptors (Lipinski definition) is 4. The fourth-order valence-corrected chi connectivity index (χ4v) is 2.64. The topological polar surface area (TPSA) is 56.3 Å². The molecule has 4 nitrogen and oxygen atoms in total. The summed E-state index contributed by atoms with van der Waals surface area (Å²) in [6, 6.07) is 9.74. The second-order valence-electron chi connectivity index (χ2n) is 5.17. The lowest BCUT2D eigenvalue weighted by Gasteiger charge is -2.12. The smallest absolute Gasteiger partial charge is 0.373 e. The number of rotatable bonds is 3. The first-order chi connectivity index (χ1) is 12.1. The molecule has 0 fully saturated rings. The van der Waals surface area contributed by atoms with Crippen molar-refractivity contribution >= 4 is 21.0 Å². The molecular weight excluding hydrogens is 381 g/mol. The molecule has 0 amide bonds. The summed E-state index contributed by atoms with van der Waals surface area (Å²) in [5, 5.41) is 0.639. The maximum atomic E-state index is 13.8. The lowest BCUT2D eigenvalue weighted by atomic mass is 10.0. The summed E-state index contributed by atoms with van der Waals surface area (Å²) in [5.74, 6) is -4.82. The van der Waals surface area contributed by atoms with E-state index in [2.05, 4.69) is 9.17 Å². The highest BCUT2D eigenvalue weighted by atomic mass is 32.2. The summed E-state index contributed by atoms with van der Waals surface area (Å²) in [4.78, 5) is 4.10. The van der Waals surface area contributed by atoms with Crippen LogP contribution in [0.2, 0.25) is 0 Å². The Bertz CT molecular complexity index is 1100. The summed E-state index contributed by atoms with van der Waals surface area (Å²) < 4.78 is 90.6. The van der Waals surface area contributed by atoms with Crippen molar-refractivity contribution in [3.8, 4) is 16.9 Å². The van der Waals surface area contributed by atoms with Crippen molar-refractivity contribution in [3.63, 3.8) is 0 Å². The molecule has 0 aliphatic carbocycles. The molecule has 2 aromatic carbocycles. The van der Waals surface area contributed by atoms with E-state index < -0.39 is 33.0 Å². The zero-order valence-electron chi connectivity index (χ0n) is 12.6. The quantitative estimate of drug-likeness (QED) is 0.378. The number of hydrogen-bond donors (Lipinski definition) is 0. The predicted octanol–water partition coefficient (Wildman–Crippen LogP) is 4.41. The molecule has 0 spiro atoms. The van der Waals surface area contributed by atoms with Crippen molar-refractivity contribution < 1.29 is 34.6 Å². The Hall–Kier alpha value is -2.75. The molecule has 3 rings (SSSR count). The van der Waals surface area contributed by atoms with Crippen molar-refractivity contribution in [2.24, 2.45) is 0 Å². The number of fused-ring (bicyclic) bond motifs is 1. The maximum absolute atomic E-state index is 13.8. The first kappa shape index (κ1) is 18.1. The number of alkyl halides is 3. The van der Waals surface area contributed by atoms with Crippen LogP contribution in [0, 0.1) is 11.6 Å². The Labute approximate surface area is 144 Å². The minimum Gasteiger partial charge on any atom is -0.373 e. The minimum atomic E-state index is -6.15. The zero-order valence-corrected chi connectivity index (χ0v) is 13.4. The van der Waals surface area contributed by atoms with E-state index in [0.717, 1.165) is 0 Å². The van der Waals surface area contributed by atoms with Crippen LogP contribution in [0.5, 0.6) is 5.75 Å². The van der Waals surface area contributed by atoms with Crippen LogP contribution in [0.1, 0.15) is 0 Å². The van der Waals surface area contributed by atoms with Crippen molar-refractivity contribution in [2.45, 2.75) is 5.51 Å². The van der Waals surface area contributed by atoms with E-state index in [1.165, 1.54) is 12.3 Å². The van der Waals surface area contributed by atoms with Gasteiger partial charge in [0.25, 0.3) is 0 Å². The highest BCUT2D eigenvalue weighted by Crippen LogP contribution is 2.33. The van der Waals surface area contributed by atoms with Crippen molar-refractivity contribution in [1.82, 2.24) is 4.98 Å². The third-order valence-corrected chi connectivity index (χ3v) is 4.37. The molecule has 0 aliphatic heterocycles. The van der Waals surface area contributed by atoms with Crippen LogP contribution in [0.15, 0.2) is 48.7 Å². The van der Waals surface area contributed by atoms with Gasteiger partial charge in [0.1, 0.15) is 0 Å². The molecule has 0 unspecified atom stereocenters. The van der Waals surface area contributed by atoms with E-state index in [0.29, 0.717) is 23.0 Å². The highest BCUT2D eigenvalue weighted by molar-refractivity contribution is 7.88. The molecule has 26 heavy (non-hydrogen) atoms. The fourth-order valence-electron chi connectivity index (χ4n) is 2.19. The van der Waals surface area contributed by atoms with Gasteiger partial charge in [-0.2, -0.15) is 26.0 Å². The van der Waals surface area contributed by atoms with Gasteiger partial charge >= 0.3 is 15.6 Å². The molecule has 0 atom stereocenters. The summed E-state index contributed by atoms with van der Waals surface area (Å²) in [6.07, 6.45) is 1.29. The number of benzene rings is 2. The van der Waals surface area contributed by atoms with Gasteiger partial charge < -0.3 is 4.18 Å². The van der Waals surface area contributed by atoms with Gasteiger partial charge in [-0.1, -0.05) is 18.2 Å². The van der Waals surface area contributed by atoms with Crippen LogP contribution >= 0.6 is 0 Å². The number of para-hydroxylation sites is 1. The molecule has 1 heterocycles. The van der Waals surface area contributed by atoms with Crippen LogP contribution in [-0.4, -0.2) is 18.9 Å². The van der Waals surface area contributed by atoms with Crippen molar-refractivity contribution in [1.29, 1.82) is 0 Å². The van der Waals surface area contributed by atoms with Crippen LogP contribution in [0.4, 0.5) is 22.0 Å². The SMILES string of the molecule is O=S(=O)(Oc1cc(-c2cnc3ccccc3c2)cc(F)c1F)C(F)(F)F. The van der Waals surface area contributed by atoms with E-state index in [1.54, 1.807) is 24.3 Å². The monoisotopic (exact) mass is 389 g/mol. The average molecular weight is 389 g/mol. The average Bonchev–Trinajstić information content (AvgIpc) is 2.57. The van der Waals surface area contributed by atoms with Crippen LogP contribution < -0.4 is 4.18 Å². The van der Waals surface area contributed by atoms with Crippen LogP contribution in [-0.2, 0) is 10.1 Å². The van der Waals surface area contributed by atoms with Crippen LogP contribution in [0.25, 0.3) is 22.0 Å². The van der Waals surface area contributed by atoms with Gasteiger partial charge in [-0.25, -0.2) is 4.39 Å². The second kappa shape index (κ2) is 6.20. The standard InChI is InChI=1S/C16H8F5NO3S/c17-12-6-10(11-5-9-3-1-2-4-13(9)22-8-11)7-14(15(12)18)25-26(23,24)16(19,20)21/h1-8H. The Kier molecular flexibility index (Phi) is 4.31. The van der Waals surface area contributed by atoms with Gasteiger partial charge in [-0.15, -0.1) is 0 Å². The molecule has 0 saturated carbocycles. The van der Waals surface area contributed by atoms with Gasteiger partial charge in [0.05, 0.1) is 5.52 Å². The summed E-state index contributed by atoms with van der Waals surface area (Å²) in [6.45, 7) is 0. The molecule has 136 valence electrons. The Balaban J connectivity index is 2.10. The number of pyridine rings is 1. The third kappa shape index (κ3) is 3.32. The Morgan fingerprint density at radius 2 is 1.65 bits per heavy atom. The molecule has 0 aliphatic rings. The molecule has 3 aromatic rings. The van der Waals surface area contributed by atoms with Crippen LogP contribution in [0.3, 0.4) is 0 Å². The van der Waals surface area contributed by atoms with E-state index in [9.17, 15) is 30.4 Å². The number of nitrogens with zero attached hydrogens (tertiary/aromatic N) is 1. The van der Waals surface area contributed by atoms with E-state index >= 15 is 0 Å². The van der Waals surface area contributed by atoms with E-state index in [4.69, 9.17) is 0 Å². The molecule has 10 heteroatoms. The van der Waals surface area contributed by atoms with Gasteiger partial charge in [0.2, 0.25) is 5.82 Å². The molecule has 0 N–H and O–H groups in total. The Morgan fingerprint density at radius 3 is 2.35 bits per heavy atom. The summed E-state index contributed by atoms with van der Waals surface area (Å²) in [5.41, 5.74) is -5.04. The van der Waals surface area contributed by atoms with Gasteiger partial charge in [-0.3, -0.25) is 4.98 Å². The maximum Gasteiger partial charge on any atom is 0.534 e. The van der Waals surface area contributed by atoms with Gasteiger partial charge in [-0.05, 0) is 29.8 Å². The summed E-state index contributed by atoms with van der Waals surface area (Å²) >= 11 is 0. The number of halogens is 5. The van der Waals surface area contributed by atoms with Crippen molar-refractivity contribution in [2.75, 3.05) is 0 Å². The zero-order chi connectivity index (χ0) is 19.1. The molecule has 0 bridgehead atoms. The van der Waals surface area contributed by atoms with E-state index in [1.807, 2.05) is 0 Å². The first-order valence-electron chi connectivity index (χ1n) is 6.93. The first-order valence-corrected chi connectivity index (χ1v) is 8.34. The molecule has 0 saturated heterocycles. The third-order valence-electron chi connectivity index (χ3n) is 3.40. The van der Waals surface area contributed by atoms with Gasteiger partial charge in [0, 0.05) is 17.1 Å².